The molecular weight excluding hydrogens is 443 g/mol. The molecule has 1 aliphatic carbocycles. The van der Waals surface area contributed by atoms with Gasteiger partial charge in [0.05, 0.1) is 11.7 Å². The van der Waals surface area contributed by atoms with Gasteiger partial charge in [-0.3, -0.25) is 9.48 Å². The average molecular weight is 464 g/mol. The molecule has 30 heavy (non-hydrogen) atoms. The van der Waals surface area contributed by atoms with Crippen molar-refractivity contribution in [1.82, 2.24) is 9.78 Å². The highest BCUT2D eigenvalue weighted by Gasteiger charge is 2.40. The average Bonchev–Trinajstić information content (AvgIpc) is 3.17. The van der Waals surface area contributed by atoms with Gasteiger partial charge in [0.25, 0.3) is 5.91 Å². The van der Waals surface area contributed by atoms with Crippen molar-refractivity contribution in [2.75, 3.05) is 5.32 Å². The second kappa shape index (κ2) is 8.58. The van der Waals surface area contributed by atoms with Crippen LogP contribution in [-0.4, -0.2) is 27.8 Å². The lowest BCUT2D eigenvalue weighted by atomic mass is 9.95. The Kier molecular flexibility index (Phi) is 6.47. The van der Waals surface area contributed by atoms with Gasteiger partial charge in [-0.1, -0.05) is 18.5 Å². The zero-order valence-corrected chi connectivity index (χ0v) is 18.2. The number of nitrogens with one attached hydrogen (secondary N) is 1. The van der Waals surface area contributed by atoms with Crippen molar-refractivity contribution in [2.45, 2.75) is 58.2 Å². The van der Waals surface area contributed by atoms with E-state index in [1.807, 2.05) is 6.92 Å². The van der Waals surface area contributed by atoms with Crippen molar-refractivity contribution in [3.63, 3.8) is 0 Å². The summed E-state index contributed by atoms with van der Waals surface area (Å²) >= 11 is 7.06. The van der Waals surface area contributed by atoms with E-state index >= 15 is 0 Å². The van der Waals surface area contributed by atoms with E-state index in [0.29, 0.717) is 12.8 Å². The third kappa shape index (κ3) is 4.34. The molecule has 6 nitrogen and oxygen atoms in total. The van der Waals surface area contributed by atoms with Crippen molar-refractivity contribution in [3.8, 4) is 0 Å². The standard InChI is InChI=1S/C19H21ClF3N3O3S/c1-4-9(2)29-18(28)12-10-7-5-6-8-11(10)30-17(12)24-16(27)14-13(20)15(19(21,22)23)25-26(14)3/h9H,4-8H2,1-3H3,(H,24,27). The molecule has 1 N–H and O–H groups in total. The number of esters is 1. The van der Waals surface area contributed by atoms with E-state index in [1.54, 1.807) is 6.92 Å². The van der Waals surface area contributed by atoms with Gasteiger partial charge in [0.15, 0.2) is 5.69 Å². The maximum atomic E-state index is 13.1. The number of anilines is 1. The fraction of sp³-hybridized carbons (Fsp3) is 0.526. The number of hydrogen-bond acceptors (Lipinski definition) is 5. The maximum Gasteiger partial charge on any atom is 0.436 e. The zero-order chi connectivity index (χ0) is 22.2. The predicted molar refractivity (Wildman–Crippen MR) is 107 cm³/mol. The number of alkyl halides is 3. The van der Waals surface area contributed by atoms with E-state index in [-0.39, 0.29) is 16.7 Å². The molecule has 0 aliphatic heterocycles. The summed E-state index contributed by atoms with van der Waals surface area (Å²) in [4.78, 5) is 26.6. The molecule has 2 heterocycles. The molecule has 0 spiro atoms. The number of hydrogen-bond donors (Lipinski definition) is 1. The van der Waals surface area contributed by atoms with Gasteiger partial charge in [-0.15, -0.1) is 11.3 Å². The molecule has 164 valence electrons. The van der Waals surface area contributed by atoms with E-state index < -0.39 is 34.5 Å². The van der Waals surface area contributed by atoms with Crippen LogP contribution in [0, 0.1) is 0 Å². The third-order valence-electron chi connectivity index (χ3n) is 4.96. The normalized spacial score (nSPS) is 14.9. The minimum absolute atomic E-state index is 0.256. The molecule has 0 bridgehead atoms. The highest BCUT2D eigenvalue weighted by atomic mass is 35.5. The fourth-order valence-electron chi connectivity index (χ4n) is 3.28. The van der Waals surface area contributed by atoms with Crippen molar-refractivity contribution in [3.05, 3.63) is 32.4 Å². The summed E-state index contributed by atoms with van der Waals surface area (Å²) in [7, 11) is 1.20. The lowest BCUT2D eigenvalue weighted by Gasteiger charge is -2.15. The van der Waals surface area contributed by atoms with Crippen LogP contribution in [0.15, 0.2) is 0 Å². The summed E-state index contributed by atoms with van der Waals surface area (Å²) in [5, 5.41) is 5.37. The highest BCUT2D eigenvalue weighted by molar-refractivity contribution is 7.17. The van der Waals surface area contributed by atoms with E-state index in [2.05, 4.69) is 10.4 Å². The minimum Gasteiger partial charge on any atom is -0.459 e. The van der Waals surface area contributed by atoms with Crippen LogP contribution in [0.4, 0.5) is 18.2 Å². The Balaban J connectivity index is 1.97. The largest absolute Gasteiger partial charge is 0.459 e. The van der Waals surface area contributed by atoms with Gasteiger partial charge in [0, 0.05) is 11.9 Å². The summed E-state index contributed by atoms with van der Waals surface area (Å²) in [6.45, 7) is 3.65. The monoisotopic (exact) mass is 463 g/mol. The Morgan fingerprint density at radius 1 is 1.33 bits per heavy atom. The van der Waals surface area contributed by atoms with Crippen LogP contribution in [0.1, 0.15) is 70.1 Å². The third-order valence-corrected chi connectivity index (χ3v) is 6.52. The Labute approximate surface area is 180 Å². The van der Waals surface area contributed by atoms with Crippen molar-refractivity contribution < 1.29 is 27.5 Å². The molecule has 3 rings (SSSR count). The van der Waals surface area contributed by atoms with Gasteiger partial charge in [0.1, 0.15) is 15.7 Å². The SMILES string of the molecule is CCC(C)OC(=O)c1c(NC(=O)c2c(Cl)c(C(F)(F)F)nn2C)sc2c1CCCC2. The lowest BCUT2D eigenvalue weighted by molar-refractivity contribution is -0.141. The molecule has 0 aromatic carbocycles. The Hall–Kier alpha value is -2.07. The van der Waals surface area contributed by atoms with Crippen molar-refractivity contribution in [2.24, 2.45) is 7.05 Å². The lowest BCUT2D eigenvalue weighted by Crippen LogP contribution is -2.20. The highest BCUT2D eigenvalue weighted by Crippen LogP contribution is 2.40. The van der Waals surface area contributed by atoms with Gasteiger partial charge >= 0.3 is 12.1 Å². The molecule has 11 heteroatoms. The molecule has 1 unspecified atom stereocenters. The number of rotatable bonds is 5. The molecule has 2 aromatic rings. The molecule has 1 amide bonds. The Morgan fingerprint density at radius 3 is 2.60 bits per heavy atom. The van der Waals surface area contributed by atoms with E-state index in [9.17, 15) is 22.8 Å². The minimum atomic E-state index is -4.79. The first-order valence-corrected chi connectivity index (χ1v) is 10.7. The first kappa shape index (κ1) is 22.6. The van der Waals surface area contributed by atoms with Crippen LogP contribution in [0.5, 0.6) is 0 Å². The van der Waals surface area contributed by atoms with Crippen LogP contribution >= 0.6 is 22.9 Å². The molecule has 2 aromatic heterocycles. The summed E-state index contributed by atoms with van der Waals surface area (Å²) in [6, 6.07) is 0. The molecular formula is C19H21ClF3N3O3S. The first-order valence-electron chi connectivity index (χ1n) is 9.51. The predicted octanol–water partition coefficient (Wildman–Crippen LogP) is 5.24. The van der Waals surface area contributed by atoms with E-state index in [1.165, 1.54) is 18.4 Å². The Morgan fingerprint density at radius 2 is 2.00 bits per heavy atom. The van der Waals surface area contributed by atoms with Gasteiger partial charge in [-0.05, 0) is 44.6 Å². The van der Waals surface area contributed by atoms with Crippen LogP contribution in [-0.2, 0) is 30.8 Å². The van der Waals surface area contributed by atoms with Crippen LogP contribution < -0.4 is 5.32 Å². The Bertz CT molecular complexity index is 984. The number of nitrogens with zero attached hydrogens (tertiary/aromatic N) is 2. The molecule has 0 radical (unpaired) electrons. The van der Waals surface area contributed by atoms with Crippen molar-refractivity contribution in [1.29, 1.82) is 0 Å². The number of carbonyl (C=O) groups is 2. The quantitative estimate of drug-likeness (QED) is 0.615. The summed E-state index contributed by atoms with van der Waals surface area (Å²) in [5.74, 6) is -1.42. The van der Waals surface area contributed by atoms with E-state index in [4.69, 9.17) is 16.3 Å². The number of aromatic nitrogens is 2. The number of carbonyl (C=O) groups excluding carboxylic acids is 2. The summed E-state index contributed by atoms with van der Waals surface area (Å²) < 4.78 is 45.4. The molecule has 0 fully saturated rings. The number of thiophene rings is 1. The smallest absolute Gasteiger partial charge is 0.436 e. The zero-order valence-electron chi connectivity index (χ0n) is 16.7. The summed E-state index contributed by atoms with van der Waals surface area (Å²) in [6.07, 6.45) is -1.15. The van der Waals surface area contributed by atoms with Crippen molar-refractivity contribution >= 4 is 39.8 Å². The second-order valence-corrected chi connectivity index (χ2v) is 8.61. The molecule has 1 atom stereocenters. The molecule has 0 saturated heterocycles. The number of aryl methyl sites for hydroxylation is 2. The molecule has 1 aliphatic rings. The van der Waals surface area contributed by atoms with Crippen LogP contribution in [0.2, 0.25) is 5.02 Å². The first-order chi connectivity index (χ1) is 14.0. The number of amides is 1. The number of halogens is 4. The maximum absolute atomic E-state index is 13.1. The van der Waals surface area contributed by atoms with E-state index in [0.717, 1.165) is 34.4 Å². The number of fused-ring (bicyclic) bond motifs is 1. The summed E-state index contributed by atoms with van der Waals surface area (Å²) in [5.41, 5.74) is -0.657. The van der Waals surface area contributed by atoms with Gasteiger partial charge < -0.3 is 10.1 Å². The molecule has 0 saturated carbocycles. The number of ether oxygens (including phenoxy) is 1. The van der Waals surface area contributed by atoms with Gasteiger partial charge in [-0.25, -0.2) is 4.79 Å². The van der Waals surface area contributed by atoms with Gasteiger partial charge in [-0.2, -0.15) is 18.3 Å². The van der Waals surface area contributed by atoms with Crippen LogP contribution in [0.3, 0.4) is 0 Å². The van der Waals surface area contributed by atoms with Crippen LogP contribution in [0.25, 0.3) is 0 Å². The topological polar surface area (TPSA) is 73.2 Å². The second-order valence-electron chi connectivity index (χ2n) is 7.13. The fourth-order valence-corrected chi connectivity index (χ4v) is 4.91. The van der Waals surface area contributed by atoms with Gasteiger partial charge in [0.2, 0.25) is 0 Å².